The van der Waals surface area contributed by atoms with E-state index in [0.717, 1.165) is 11.1 Å². The van der Waals surface area contributed by atoms with Crippen molar-refractivity contribution in [1.82, 2.24) is 0 Å². The van der Waals surface area contributed by atoms with Crippen LogP contribution in [0.2, 0.25) is 0 Å². The summed E-state index contributed by atoms with van der Waals surface area (Å²) < 4.78 is 16.8. The van der Waals surface area contributed by atoms with E-state index in [-0.39, 0.29) is 5.97 Å². The maximum Gasteiger partial charge on any atom is 0.494 e. The first kappa shape index (κ1) is 16.8. The topological polar surface area (TPSA) is 44.8 Å². The molecule has 1 aromatic rings. The van der Waals surface area contributed by atoms with E-state index in [1.54, 1.807) is 6.07 Å². The fourth-order valence-corrected chi connectivity index (χ4v) is 2.27. The Hall–Kier alpha value is -1.59. The van der Waals surface area contributed by atoms with Gasteiger partial charge in [0.05, 0.1) is 23.9 Å². The van der Waals surface area contributed by atoms with Gasteiger partial charge in [-0.3, -0.25) is 0 Å². The van der Waals surface area contributed by atoms with Gasteiger partial charge in [0.25, 0.3) is 0 Å². The first-order valence-electron chi connectivity index (χ1n) is 7.33. The molecule has 2 rings (SSSR count). The van der Waals surface area contributed by atoms with Gasteiger partial charge in [-0.1, -0.05) is 18.7 Å². The van der Waals surface area contributed by atoms with E-state index in [1.807, 2.05) is 46.8 Å². The van der Waals surface area contributed by atoms with Crippen LogP contribution in [-0.4, -0.2) is 31.4 Å². The van der Waals surface area contributed by atoms with Crippen molar-refractivity contribution in [2.45, 2.75) is 45.8 Å². The number of hydrogen-bond acceptors (Lipinski definition) is 4. The summed E-state index contributed by atoms with van der Waals surface area (Å²) in [6.07, 6.45) is 0. The highest BCUT2D eigenvalue weighted by atomic mass is 16.7. The molecule has 1 heterocycles. The Kier molecular flexibility index (Phi) is 4.24. The summed E-state index contributed by atoms with van der Waals surface area (Å²) in [4.78, 5) is 11.8. The summed E-state index contributed by atoms with van der Waals surface area (Å²) >= 11 is 0. The molecule has 1 aliphatic heterocycles. The van der Waals surface area contributed by atoms with Crippen molar-refractivity contribution in [2.24, 2.45) is 0 Å². The molecule has 1 aromatic carbocycles. The zero-order chi connectivity index (χ0) is 16.7. The minimum absolute atomic E-state index is 0.360. The standard InChI is InChI=1S/C17H23BO4/c1-11-8-9-13(10-14(11)15(19)20-7)12(2)18-21-16(3,4)17(5,6)22-18/h8-10H,2H2,1,3-7H3. The van der Waals surface area contributed by atoms with E-state index in [0.29, 0.717) is 11.0 Å². The van der Waals surface area contributed by atoms with Gasteiger partial charge in [-0.2, -0.15) is 0 Å². The Morgan fingerprint density at radius 2 is 1.73 bits per heavy atom. The number of carbonyl (C=O) groups is 1. The number of hydrogen-bond donors (Lipinski definition) is 0. The largest absolute Gasteiger partial charge is 0.494 e. The van der Waals surface area contributed by atoms with Gasteiger partial charge < -0.3 is 14.0 Å². The number of ether oxygens (including phenoxy) is 1. The molecule has 0 atom stereocenters. The zero-order valence-electron chi connectivity index (χ0n) is 14.1. The average Bonchev–Trinajstić information content (AvgIpc) is 2.66. The number of methoxy groups -OCH3 is 1. The second-order valence-corrected chi connectivity index (χ2v) is 6.63. The van der Waals surface area contributed by atoms with Crippen LogP contribution < -0.4 is 0 Å². The maximum absolute atomic E-state index is 11.8. The summed E-state index contributed by atoms with van der Waals surface area (Å²) in [5, 5.41) is 0. The lowest BCUT2D eigenvalue weighted by atomic mass is 9.75. The smallest absolute Gasteiger partial charge is 0.465 e. The van der Waals surface area contributed by atoms with Gasteiger partial charge in [-0.05, 0) is 57.3 Å². The molecule has 0 spiro atoms. The fraction of sp³-hybridized carbons (Fsp3) is 0.471. The molecule has 4 nitrogen and oxygen atoms in total. The quantitative estimate of drug-likeness (QED) is 0.634. The van der Waals surface area contributed by atoms with E-state index in [9.17, 15) is 4.79 Å². The van der Waals surface area contributed by atoms with Crippen molar-refractivity contribution in [3.8, 4) is 0 Å². The molecule has 1 aliphatic rings. The first-order valence-corrected chi connectivity index (χ1v) is 7.33. The van der Waals surface area contributed by atoms with Crippen LogP contribution >= 0.6 is 0 Å². The Morgan fingerprint density at radius 3 is 2.23 bits per heavy atom. The van der Waals surface area contributed by atoms with Gasteiger partial charge in [0.15, 0.2) is 0 Å². The Morgan fingerprint density at radius 1 is 1.18 bits per heavy atom. The second kappa shape index (κ2) is 5.56. The van der Waals surface area contributed by atoms with Gasteiger partial charge >= 0.3 is 13.1 Å². The van der Waals surface area contributed by atoms with Gasteiger partial charge in [0, 0.05) is 0 Å². The highest BCUT2D eigenvalue weighted by Crippen LogP contribution is 2.40. The van der Waals surface area contributed by atoms with E-state index in [2.05, 4.69) is 6.58 Å². The Balaban J connectivity index is 2.30. The second-order valence-electron chi connectivity index (χ2n) is 6.63. The van der Waals surface area contributed by atoms with Crippen LogP contribution in [-0.2, 0) is 14.0 Å². The molecule has 0 saturated carbocycles. The normalized spacial score (nSPS) is 19.1. The average molecular weight is 302 g/mol. The highest BCUT2D eigenvalue weighted by Gasteiger charge is 2.52. The predicted molar refractivity (Wildman–Crippen MR) is 87.6 cm³/mol. The molecule has 0 bridgehead atoms. The first-order chi connectivity index (χ1) is 10.1. The minimum Gasteiger partial charge on any atom is -0.465 e. The van der Waals surface area contributed by atoms with Crippen LogP contribution in [0.15, 0.2) is 24.8 Å². The summed E-state index contributed by atoms with van der Waals surface area (Å²) in [6.45, 7) is 13.9. The van der Waals surface area contributed by atoms with E-state index >= 15 is 0 Å². The summed E-state index contributed by atoms with van der Waals surface area (Å²) in [7, 11) is 0.843. The van der Waals surface area contributed by atoms with Crippen LogP contribution in [0, 0.1) is 6.92 Å². The molecule has 1 saturated heterocycles. The van der Waals surface area contributed by atoms with Crippen molar-refractivity contribution < 1.29 is 18.8 Å². The molecule has 0 radical (unpaired) electrons. The zero-order valence-corrected chi connectivity index (χ0v) is 14.1. The number of aryl methyl sites for hydroxylation is 1. The van der Waals surface area contributed by atoms with Crippen molar-refractivity contribution in [3.05, 3.63) is 41.5 Å². The van der Waals surface area contributed by atoms with Crippen molar-refractivity contribution in [3.63, 3.8) is 0 Å². The predicted octanol–water partition coefficient (Wildman–Crippen LogP) is 3.43. The van der Waals surface area contributed by atoms with Crippen LogP contribution in [0.4, 0.5) is 0 Å². The van der Waals surface area contributed by atoms with Crippen molar-refractivity contribution in [2.75, 3.05) is 7.11 Å². The molecule has 0 aromatic heterocycles. The number of esters is 1. The Labute approximate surface area is 132 Å². The van der Waals surface area contributed by atoms with Crippen LogP contribution in [0.1, 0.15) is 49.2 Å². The van der Waals surface area contributed by atoms with E-state index < -0.39 is 18.3 Å². The molecule has 1 fully saturated rings. The SMILES string of the molecule is C=C(B1OC(C)(C)C(C)(C)O1)c1ccc(C)c(C(=O)OC)c1. The van der Waals surface area contributed by atoms with Crippen LogP contribution in [0.25, 0.3) is 5.47 Å². The monoisotopic (exact) mass is 302 g/mol. The molecule has 118 valence electrons. The maximum atomic E-state index is 11.8. The molecule has 0 amide bonds. The van der Waals surface area contributed by atoms with Gasteiger partial charge in [0.2, 0.25) is 0 Å². The summed E-state index contributed by atoms with van der Waals surface area (Å²) in [5.74, 6) is -0.360. The third kappa shape index (κ3) is 2.83. The molecule has 0 aliphatic carbocycles. The molecule has 22 heavy (non-hydrogen) atoms. The van der Waals surface area contributed by atoms with Crippen molar-refractivity contribution in [1.29, 1.82) is 0 Å². The fourth-order valence-electron chi connectivity index (χ4n) is 2.27. The molecule has 0 unspecified atom stereocenters. The van der Waals surface area contributed by atoms with Gasteiger partial charge in [-0.25, -0.2) is 4.79 Å². The number of carbonyl (C=O) groups excluding carboxylic acids is 1. The summed E-state index contributed by atoms with van der Waals surface area (Å²) in [6, 6.07) is 5.56. The Bertz CT molecular complexity index is 603. The van der Waals surface area contributed by atoms with Crippen LogP contribution in [0.5, 0.6) is 0 Å². The highest BCUT2D eigenvalue weighted by molar-refractivity contribution is 6.68. The number of rotatable bonds is 3. The third-order valence-corrected chi connectivity index (χ3v) is 4.55. The third-order valence-electron chi connectivity index (χ3n) is 4.55. The lowest BCUT2D eigenvalue weighted by Gasteiger charge is -2.32. The lowest BCUT2D eigenvalue weighted by Crippen LogP contribution is -2.41. The van der Waals surface area contributed by atoms with Crippen LogP contribution in [0.3, 0.4) is 0 Å². The lowest BCUT2D eigenvalue weighted by molar-refractivity contribution is 0.00578. The molecule has 0 N–H and O–H groups in total. The summed E-state index contributed by atoms with van der Waals surface area (Å²) in [5.41, 5.74) is 2.05. The number of benzene rings is 1. The van der Waals surface area contributed by atoms with Gasteiger partial charge in [-0.15, -0.1) is 0 Å². The van der Waals surface area contributed by atoms with Crippen molar-refractivity contribution >= 4 is 18.6 Å². The van der Waals surface area contributed by atoms with E-state index in [4.69, 9.17) is 14.0 Å². The van der Waals surface area contributed by atoms with Gasteiger partial charge in [0.1, 0.15) is 0 Å². The molecular formula is C17H23BO4. The van der Waals surface area contributed by atoms with E-state index in [1.165, 1.54) is 7.11 Å². The molecular weight excluding hydrogens is 279 g/mol. The minimum atomic E-state index is -0.529. The molecule has 5 heteroatoms.